The quantitative estimate of drug-likeness (QED) is 0.219. The molecule has 2 aromatic rings. The third kappa shape index (κ3) is 8.99. The van der Waals surface area contributed by atoms with Gasteiger partial charge in [-0.15, -0.1) is 24.0 Å². The predicted octanol–water partition coefficient (Wildman–Crippen LogP) is 3.99. The molecule has 2 N–H and O–H groups in total. The Hall–Kier alpha value is -1.87. The van der Waals surface area contributed by atoms with Crippen LogP contribution >= 0.6 is 24.0 Å². The van der Waals surface area contributed by atoms with E-state index in [0.29, 0.717) is 13.2 Å². The number of anilines is 1. The first-order valence-electron chi connectivity index (χ1n) is 9.91. The van der Waals surface area contributed by atoms with Gasteiger partial charge in [0.1, 0.15) is 5.82 Å². The normalized spacial score (nSPS) is 12.1. The lowest BCUT2D eigenvalue weighted by Gasteiger charge is -2.16. The maximum Gasteiger partial charge on any atom is 0.191 e. The van der Waals surface area contributed by atoms with Gasteiger partial charge in [-0.1, -0.05) is 36.4 Å². The fourth-order valence-corrected chi connectivity index (χ4v) is 2.82. The van der Waals surface area contributed by atoms with Crippen LogP contribution in [0, 0.1) is 0 Å². The summed E-state index contributed by atoms with van der Waals surface area (Å²) in [6.07, 6.45) is 2.83. The molecule has 160 valence electrons. The number of benzene rings is 1. The van der Waals surface area contributed by atoms with Crippen LogP contribution in [0.15, 0.2) is 53.7 Å². The first-order chi connectivity index (χ1) is 13.6. The Balaban J connectivity index is 0.00000420. The van der Waals surface area contributed by atoms with Gasteiger partial charge in [0.15, 0.2) is 5.96 Å². The summed E-state index contributed by atoms with van der Waals surface area (Å²) in [7, 11) is 3.99. The molecule has 0 radical (unpaired) electrons. The summed E-state index contributed by atoms with van der Waals surface area (Å²) in [5, 5.41) is 6.67. The lowest BCUT2D eigenvalue weighted by atomic mass is 10.1. The Morgan fingerprint density at radius 1 is 1.14 bits per heavy atom. The van der Waals surface area contributed by atoms with Gasteiger partial charge in [-0.25, -0.2) is 9.98 Å². The van der Waals surface area contributed by atoms with E-state index in [2.05, 4.69) is 47.7 Å². The zero-order valence-corrected chi connectivity index (χ0v) is 20.2. The molecular weight excluding hydrogens is 477 g/mol. The molecule has 6 nitrogen and oxygen atoms in total. The van der Waals surface area contributed by atoms with E-state index >= 15 is 0 Å². The van der Waals surface area contributed by atoms with Crippen LogP contribution in [0.4, 0.5) is 5.82 Å². The van der Waals surface area contributed by atoms with Crippen LogP contribution < -0.4 is 15.5 Å². The van der Waals surface area contributed by atoms with Crippen molar-refractivity contribution in [1.82, 2.24) is 15.6 Å². The molecule has 0 saturated heterocycles. The van der Waals surface area contributed by atoms with E-state index in [1.807, 2.05) is 49.5 Å². The zero-order valence-electron chi connectivity index (χ0n) is 17.9. The van der Waals surface area contributed by atoms with E-state index in [-0.39, 0.29) is 30.1 Å². The summed E-state index contributed by atoms with van der Waals surface area (Å²) in [5.41, 5.74) is 2.31. The smallest absolute Gasteiger partial charge is 0.191 e. The minimum absolute atomic E-state index is 0. The maximum atomic E-state index is 5.93. The highest BCUT2D eigenvalue weighted by Gasteiger charge is 2.06. The second-order valence-corrected chi connectivity index (χ2v) is 6.78. The van der Waals surface area contributed by atoms with E-state index in [4.69, 9.17) is 9.73 Å². The number of pyridine rings is 1. The van der Waals surface area contributed by atoms with Crippen molar-refractivity contribution in [3.8, 4) is 0 Å². The minimum Gasteiger partial charge on any atom is -0.374 e. The molecule has 7 heteroatoms. The van der Waals surface area contributed by atoms with Crippen LogP contribution in [-0.2, 0) is 11.3 Å². The lowest BCUT2D eigenvalue weighted by Crippen LogP contribution is -2.38. The van der Waals surface area contributed by atoms with Gasteiger partial charge in [0.25, 0.3) is 0 Å². The summed E-state index contributed by atoms with van der Waals surface area (Å²) >= 11 is 0. The van der Waals surface area contributed by atoms with Crippen LogP contribution in [0.25, 0.3) is 0 Å². The van der Waals surface area contributed by atoms with Crippen molar-refractivity contribution in [2.24, 2.45) is 4.99 Å². The number of guanidine groups is 1. The fraction of sp³-hybridized carbons (Fsp3) is 0.455. The molecule has 0 spiro atoms. The summed E-state index contributed by atoms with van der Waals surface area (Å²) in [6.45, 7) is 7.07. The van der Waals surface area contributed by atoms with Gasteiger partial charge in [0.05, 0.1) is 12.6 Å². The third-order valence-corrected chi connectivity index (χ3v) is 4.29. The summed E-state index contributed by atoms with van der Waals surface area (Å²) in [6, 6.07) is 14.3. The molecule has 0 fully saturated rings. The van der Waals surface area contributed by atoms with Crippen LogP contribution in [-0.4, -0.2) is 44.7 Å². The molecule has 1 aromatic heterocycles. The van der Waals surface area contributed by atoms with Crippen molar-refractivity contribution < 1.29 is 4.74 Å². The lowest BCUT2D eigenvalue weighted by molar-refractivity contribution is 0.0646. The highest BCUT2D eigenvalue weighted by atomic mass is 127. The van der Waals surface area contributed by atoms with Gasteiger partial charge in [-0.3, -0.25) is 0 Å². The molecule has 1 aromatic carbocycles. The highest BCUT2D eigenvalue weighted by molar-refractivity contribution is 14.0. The second kappa shape index (κ2) is 14.2. The van der Waals surface area contributed by atoms with Crippen LogP contribution in [0.5, 0.6) is 0 Å². The fourth-order valence-electron chi connectivity index (χ4n) is 2.82. The summed E-state index contributed by atoms with van der Waals surface area (Å²) < 4.78 is 5.93. The SMILES string of the molecule is CCNC(=NCc1cccnc1N(C)C)NCCCOC(C)c1ccccc1.I. The van der Waals surface area contributed by atoms with Crippen LogP contribution in [0.2, 0.25) is 0 Å². The third-order valence-electron chi connectivity index (χ3n) is 4.29. The molecule has 0 aliphatic heterocycles. The monoisotopic (exact) mass is 511 g/mol. The summed E-state index contributed by atoms with van der Waals surface area (Å²) in [4.78, 5) is 11.1. The van der Waals surface area contributed by atoms with Gasteiger partial charge in [0.2, 0.25) is 0 Å². The minimum atomic E-state index is 0. The number of hydrogen-bond acceptors (Lipinski definition) is 4. The zero-order chi connectivity index (χ0) is 20.2. The number of hydrogen-bond donors (Lipinski definition) is 2. The van der Waals surface area contributed by atoms with E-state index in [9.17, 15) is 0 Å². The standard InChI is InChI=1S/C22H33N5O.HI/c1-5-23-22(26-17-20-13-9-14-24-21(20)27(3)4)25-15-10-16-28-18(2)19-11-7-6-8-12-19;/h6-9,11-14,18H,5,10,15-17H2,1-4H3,(H2,23,25,26);1H. The van der Waals surface area contributed by atoms with E-state index < -0.39 is 0 Å². The molecule has 0 saturated carbocycles. The average Bonchev–Trinajstić information content (AvgIpc) is 2.72. The molecule has 0 aliphatic carbocycles. The average molecular weight is 511 g/mol. The number of rotatable bonds is 10. The Morgan fingerprint density at radius 3 is 2.59 bits per heavy atom. The van der Waals surface area contributed by atoms with Crippen molar-refractivity contribution in [3.05, 3.63) is 59.8 Å². The van der Waals surface area contributed by atoms with Gasteiger partial charge < -0.3 is 20.3 Å². The number of ether oxygens (including phenoxy) is 1. The summed E-state index contributed by atoms with van der Waals surface area (Å²) in [5.74, 6) is 1.76. The van der Waals surface area contributed by atoms with E-state index in [1.165, 1.54) is 5.56 Å². The van der Waals surface area contributed by atoms with E-state index in [0.717, 1.165) is 36.9 Å². The Kier molecular flexibility index (Phi) is 12.3. The number of halogens is 1. The van der Waals surface area contributed by atoms with Gasteiger partial charge in [0, 0.05) is 45.6 Å². The Morgan fingerprint density at radius 2 is 1.90 bits per heavy atom. The Labute approximate surface area is 192 Å². The number of aliphatic imine (C=N–C) groups is 1. The molecule has 2 rings (SSSR count). The highest BCUT2D eigenvalue weighted by Crippen LogP contribution is 2.16. The van der Waals surface area contributed by atoms with Crippen molar-refractivity contribution >= 4 is 35.8 Å². The first kappa shape index (κ1) is 25.2. The first-order valence-corrected chi connectivity index (χ1v) is 9.91. The molecule has 0 aliphatic rings. The van der Waals surface area contributed by atoms with Gasteiger partial charge >= 0.3 is 0 Å². The van der Waals surface area contributed by atoms with Gasteiger partial charge in [-0.2, -0.15) is 0 Å². The molecule has 1 atom stereocenters. The van der Waals surface area contributed by atoms with Crippen molar-refractivity contribution in [1.29, 1.82) is 0 Å². The van der Waals surface area contributed by atoms with Gasteiger partial charge in [-0.05, 0) is 31.9 Å². The topological polar surface area (TPSA) is 61.8 Å². The Bertz CT molecular complexity index is 724. The van der Waals surface area contributed by atoms with Crippen molar-refractivity contribution in [2.45, 2.75) is 32.9 Å². The second-order valence-electron chi connectivity index (χ2n) is 6.78. The van der Waals surface area contributed by atoms with E-state index in [1.54, 1.807) is 0 Å². The van der Waals surface area contributed by atoms with Crippen LogP contribution in [0.3, 0.4) is 0 Å². The number of nitrogens with zero attached hydrogens (tertiary/aromatic N) is 3. The molecule has 1 heterocycles. The van der Waals surface area contributed by atoms with Crippen molar-refractivity contribution in [2.75, 3.05) is 38.7 Å². The molecular formula is C22H34IN5O. The predicted molar refractivity (Wildman–Crippen MR) is 132 cm³/mol. The molecule has 0 amide bonds. The molecule has 1 unspecified atom stereocenters. The number of nitrogens with one attached hydrogen (secondary N) is 2. The van der Waals surface area contributed by atoms with Crippen molar-refractivity contribution in [3.63, 3.8) is 0 Å². The maximum absolute atomic E-state index is 5.93. The molecule has 0 bridgehead atoms. The number of aromatic nitrogens is 1. The largest absolute Gasteiger partial charge is 0.374 e. The van der Waals surface area contributed by atoms with Crippen LogP contribution in [0.1, 0.15) is 37.5 Å². The molecule has 29 heavy (non-hydrogen) atoms.